The second-order valence-corrected chi connectivity index (χ2v) is 7.31. The molecule has 0 N–H and O–H groups in total. The molecular formula is C27H29N. The molecule has 0 fully saturated rings. The quantitative estimate of drug-likeness (QED) is 0.518. The first-order valence-corrected chi connectivity index (χ1v) is 9.85. The minimum atomic E-state index is 0.852. The summed E-state index contributed by atoms with van der Waals surface area (Å²) in [6.45, 7) is 11.1. The molecule has 0 unspecified atom stereocenters. The minimum absolute atomic E-state index is 0.852. The standard InChI is InChI=1S/C27H29N/c1-5-10-22(3)19-23(4)28-18-9-7-6-8-11-26-20-25(16-17-27(26)28)24-14-12-21(2)13-15-24/h5-10,12-17,19-20H,1,11,18H2,2-4H3/b8-6-,9-7-,22-10-,23-19+. The van der Waals surface area contributed by atoms with E-state index in [2.05, 4.69) is 105 Å². The van der Waals surface area contributed by atoms with Gasteiger partial charge in [-0.1, -0.05) is 78.9 Å². The van der Waals surface area contributed by atoms with Crippen molar-refractivity contribution in [1.82, 2.24) is 0 Å². The molecule has 0 amide bonds. The summed E-state index contributed by atoms with van der Waals surface area (Å²) in [5.74, 6) is 0. The third-order valence-electron chi connectivity index (χ3n) is 5.01. The van der Waals surface area contributed by atoms with Crippen LogP contribution in [0.25, 0.3) is 11.1 Å². The number of hydrogen-bond acceptors (Lipinski definition) is 1. The molecule has 1 aliphatic rings. The zero-order valence-electron chi connectivity index (χ0n) is 17.2. The van der Waals surface area contributed by atoms with E-state index in [4.69, 9.17) is 0 Å². The fraction of sp³-hybridized carbons (Fsp3) is 0.185. The van der Waals surface area contributed by atoms with E-state index < -0.39 is 0 Å². The van der Waals surface area contributed by atoms with E-state index in [1.165, 1.54) is 39.2 Å². The van der Waals surface area contributed by atoms with Crippen molar-refractivity contribution in [2.45, 2.75) is 27.2 Å². The molecule has 1 aliphatic heterocycles. The van der Waals surface area contributed by atoms with Gasteiger partial charge in [0.2, 0.25) is 0 Å². The Bertz CT molecular complexity index is 952. The largest absolute Gasteiger partial charge is 0.341 e. The summed E-state index contributed by atoms with van der Waals surface area (Å²) in [5.41, 5.74) is 8.86. The van der Waals surface area contributed by atoms with E-state index >= 15 is 0 Å². The molecule has 0 spiro atoms. The van der Waals surface area contributed by atoms with Gasteiger partial charge in [-0.15, -0.1) is 0 Å². The van der Waals surface area contributed by atoms with Crippen molar-refractivity contribution in [2.75, 3.05) is 11.4 Å². The average molecular weight is 368 g/mol. The molecule has 142 valence electrons. The Hall–Kier alpha value is -3.06. The van der Waals surface area contributed by atoms with Crippen molar-refractivity contribution in [2.24, 2.45) is 0 Å². The third kappa shape index (κ3) is 4.80. The number of rotatable bonds is 4. The maximum Gasteiger partial charge on any atom is 0.0447 e. The summed E-state index contributed by atoms with van der Waals surface area (Å²) in [4.78, 5) is 2.39. The highest BCUT2D eigenvalue weighted by Crippen LogP contribution is 2.31. The second-order valence-electron chi connectivity index (χ2n) is 7.31. The lowest BCUT2D eigenvalue weighted by Gasteiger charge is -2.27. The number of allylic oxidation sites excluding steroid dienone is 8. The molecule has 0 radical (unpaired) electrons. The Kier molecular flexibility index (Phi) is 6.49. The number of anilines is 1. The fourth-order valence-corrected chi connectivity index (χ4v) is 3.53. The van der Waals surface area contributed by atoms with Gasteiger partial charge >= 0.3 is 0 Å². The topological polar surface area (TPSA) is 3.24 Å². The van der Waals surface area contributed by atoms with Crippen molar-refractivity contribution in [3.63, 3.8) is 0 Å². The van der Waals surface area contributed by atoms with Gasteiger partial charge in [-0.2, -0.15) is 0 Å². The molecule has 1 heteroatoms. The van der Waals surface area contributed by atoms with Gasteiger partial charge in [0.05, 0.1) is 0 Å². The highest BCUT2D eigenvalue weighted by Gasteiger charge is 2.13. The van der Waals surface area contributed by atoms with Crippen LogP contribution in [-0.2, 0) is 6.42 Å². The first kappa shape index (κ1) is 19.7. The summed E-state index contributed by atoms with van der Waals surface area (Å²) in [7, 11) is 0. The fourth-order valence-electron chi connectivity index (χ4n) is 3.53. The van der Waals surface area contributed by atoms with Crippen molar-refractivity contribution < 1.29 is 0 Å². The SMILES string of the molecule is C=C/C=C(C)\C=C(/C)N1C/C=C\C=C/Cc2cc(-c3ccc(C)cc3)ccc21. The molecule has 28 heavy (non-hydrogen) atoms. The van der Waals surface area contributed by atoms with Gasteiger partial charge in [0.15, 0.2) is 0 Å². The van der Waals surface area contributed by atoms with E-state index in [1.54, 1.807) is 0 Å². The zero-order valence-corrected chi connectivity index (χ0v) is 17.2. The number of benzene rings is 2. The molecule has 1 nitrogen and oxygen atoms in total. The predicted octanol–water partition coefficient (Wildman–Crippen LogP) is 7.17. The molecule has 2 aromatic carbocycles. The number of fused-ring (bicyclic) bond motifs is 1. The summed E-state index contributed by atoms with van der Waals surface area (Å²) >= 11 is 0. The molecule has 0 aromatic heterocycles. The first-order chi connectivity index (χ1) is 13.6. The number of aryl methyl sites for hydroxylation is 1. The smallest absolute Gasteiger partial charge is 0.0447 e. The Morgan fingerprint density at radius 1 is 0.964 bits per heavy atom. The Morgan fingerprint density at radius 3 is 2.43 bits per heavy atom. The van der Waals surface area contributed by atoms with Crippen LogP contribution in [-0.4, -0.2) is 6.54 Å². The molecule has 2 aromatic rings. The molecule has 0 bridgehead atoms. The second kappa shape index (κ2) is 9.23. The van der Waals surface area contributed by atoms with Crippen LogP contribution < -0.4 is 4.90 Å². The van der Waals surface area contributed by atoms with E-state index in [-0.39, 0.29) is 0 Å². The summed E-state index contributed by atoms with van der Waals surface area (Å²) < 4.78 is 0. The third-order valence-corrected chi connectivity index (χ3v) is 5.01. The van der Waals surface area contributed by atoms with Crippen LogP contribution in [0, 0.1) is 6.92 Å². The van der Waals surface area contributed by atoms with Gasteiger partial charge in [-0.3, -0.25) is 0 Å². The zero-order chi connectivity index (χ0) is 19.9. The summed E-state index contributed by atoms with van der Waals surface area (Å²) in [5, 5.41) is 0. The Labute approximate surface area is 169 Å². The summed E-state index contributed by atoms with van der Waals surface area (Å²) in [6.07, 6.45) is 15.8. The maximum absolute atomic E-state index is 3.80. The number of hydrogen-bond donors (Lipinski definition) is 0. The summed E-state index contributed by atoms with van der Waals surface area (Å²) in [6, 6.07) is 15.6. The first-order valence-electron chi connectivity index (χ1n) is 9.85. The van der Waals surface area contributed by atoms with Crippen LogP contribution in [0.1, 0.15) is 25.0 Å². The van der Waals surface area contributed by atoms with Crippen LogP contribution in [0.4, 0.5) is 5.69 Å². The van der Waals surface area contributed by atoms with E-state index in [1.807, 2.05) is 12.2 Å². The van der Waals surface area contributed by atoms with Crippen LogP contribution in [0.15, 0.2) is 103 Å². The van der Waals surface area contributed by atoms with Crippen molar-refractivity contribution >= 4 is 5.69 Å². The minimum Gasteiger partial charge on any atom is -0.341 e. The van der Waals surface area contributed by atoms with Crippen LogP contribution in [0.3, 0.4) is 0 Å². The molecule has 0 aliphatic carbocycles. The Morgan fingerprint density at radius 2 is 1.68 bits per heavy atom. The van der Waals surface area contributed by atoms with E-state index in [0.29, 0.717) is 0 Å². The van der Waals surface area contributed by atoms with Crippen LogP contribution >= 0.6 is 0 Å². The Balaban J connectivity index is 2.04. The lowest BCUT2D eigenvalue weighted by atomic mass is 9.98. The number of nitrogens with zero attached hydrogens (tertiary/aromatic N) is 1. The molecule has 0 saturated carbocycles. The maximum atomic E-state index is 3.80. The molecule has 0 saturated heterocycles. The molecule has 0 atom stereocenters. The predicted molar refractivity (Wildman–Crippen MR) is 124 cm³/mol. The van der Waals surface area contributed by atoms with Gasteiger partial charge in [0, 0.05) is 17.9 Å². The highest BCUT2D eigenvalue weighted by molar-refractivity contribution is 5.71. The van der Waals surface area contributed by atoms with Crippen molar-refractivity contribution in [3.8, 4) is 11.1 Å². The van der Waals surface area contributed by atoms with Gasteiger partial charge in [0.25, 0.3) is 0 Å². The monoisotopic (exact) mass is 367 g/mol. The van der Waals surface area contributed by atoms with Crippen LogP contribution in [0.5, 0.6) is 0 Å². The van der Waals surface area contributed by atoms with Gasteiger partial charge in [0.1, 0.15) is 0 Å². The lowest BCUT2D eigenvalue weighted by Crippen LogP contribution is -2.22. The average Bonchev–Trinajstić information content (AvgIpc) is 2.78. The van der Waals surface area contributed by atoms with Crippen molar-refractivity contribution in [3.05, 3.63) is 114 Å². The van der Waals surface area contributed by atoms with Gasteiger partial charge < -0.3 is 4.90 Å². The normalized spacial score (nSPS) is 17.2. The lowest BCUT2D eigenvalue weighted by molar-refractivity contribution is 0.991. The molecular weight excluding hydrogens is 338 g/mol. The van der Waals surface area contributed by atoms with E-state index in [0.717, 1.165) is 13.0 Å². The highest BCUT2D eigenvalue weighted by atomic mass is 15.1. The van der Waals surface area contributed by atoms with Gasteiger partial charge in [-0.05, 0) is 67.7 Å². The molecule has 1 heterocycles. The molecule has 3 rings (SSSR count). The van der Waals surface area contributed by atoms with Crippen molar-refractivity contribution in [1.29, 1.82) is 0 Å². The van der Waals surface area contributed by atoms with E-state index in [9.17, 15) is 0 Å². The van der Waals surface area contributed by atoms with Crippen LogP contribution in [0.2, 0.25) is 0 Å². The van der Waals surface area contributed by atoms with Gasteiger partial charge in [-0.25, -0.2) is 0 Å².